The van der Waals surface area contributed by atoms with Gasteiger partial charge in [0.15, 0.2) is 0 Å². The molecule has 0 atom stereocenters. The van der Waals surface area contributed by atoms with Crippen LogP contribution in [-0.4, -0.2) is 4.98 Å². The van der Waals surface area contributed by atoms with E-state index in [2.05, 4.69) is 78.9 Å². The van der Waals surface area contributed by atoms with Crippen LogP contribution in [0.1, 0.15) is 22.3 Å². The van der Waals surface area contributed by atoms with Crippen LogP contribution < -0.4 is 0 Å². The molecule has 2 aliphatic carbocycles. The normalized spacial score (nSPS) is 14.2. The zero-order valence-electron chi connectivity index (χ0n) is 13.9. The maximum Gasteiger partial charge on any atom is 0.0313 e. The van der Waals surface area contributed by atoms with Crippen LogP contribution in [0.4, 0.5) is 0 Å². The Morgan fingerprint density at radius 1 is 0.654 bits per heavy atom. The van der Waals surface area contributed by atoms with E-state index in [1.54, 1.807) is 0 Å². The third kappa shape index (κ3) is 1.66. The summed E-state index contributed by atoms with van der Waals surface area (Å²) in [5.41, 5.74) is 9.83. The Kier molecular flexibility index (Phi) is 3.29. The molecule has 1 radical (unpaired) electrons. The van der Waals surface area contributed by atoms with Crippen molar-refractivity contribution in [1.29, 1.82) is 0 Å². The number of nitrogens with zero attached hydrogens (tertiary/aromatic N) is 1. The van der Waals surface area contributed by atoms with Crippen LogP contribution in [0.15, 0.2) is 85.1 Å². The Morgan fingerprint density at radius 2 is 1.27 bits per heavy atom. The van der Waals surface area contributed by atoms with E-state index >= 15 is 0 Å². The summed E-state index contributed by atoms with van der Waals surface area (Å²) in [5.74, 6) is 0. The van der Waals surface area contributed by atoms with Crippen molar-refractivity contribution in [2.75, 3.05) is 0 Å². The van der Waals surface area contributed by atoms with Gasteiger partial charge in [0, 0.05) is 31.1 Å². The van der Waals surface area contributed by atoms with E-state index in [9.17, 15) is 0 Å². The first-order chi connectivity index (χ1) is 12.4. The molecule has 125 valence electrons. The van der Waals surface area contributed by atoms with E-state index in [1.807, 2.05) is 12.3 Å². The third-order valence-electron chi connectivity index (χ3n) is 5.66. The molecule has 0 fully saturated rings. The van der Waals surface area contributed by atoms with E-state index in [0.29, 0.717) is 0 Å². The number of hydrogen-bond acceptors (Lipinski definition) is 1. The minimum atomic E-state index is -0.274. The van der Waals surface area contributed by atoms with Crippen LogP contribution >= 0.6 is 0 Å². The molecular weight excluding hydrogens is 405 g/mol. The third-order valence-corrected chi connectivity index (χ3v) is 5.66. The number of rotatable bonds is 0. The Morgan fingerprint density at radius 3 is 2.00 bits per heavy atom. The maximum absolute atomic E-state index is 4.73. The van der Waals surface area contributed by atoms with Crippen molar-refractivity contribution in [2.45, 2.75) is 5.41 Å². The van der Waals surface area contributed by atoms with Crippen LogP contribution in [0.5, 0.6) is 0 Å². The van der Waals surface area contributed by atoms with E-state index in [0.717, 1.165) is 11.3 Å². The van der Waals surface area contributed by atoms with Gasteiger partial charge in [-0.05, 0) is 34.0 Å². The standard InChI is InChI=1S/C24H14N.Rh/c1-4-11-19-16(8-1)17-9-2-5-12-20(17)24(19)21-13-6-3-10-18(21)23-22(24)14-7-15-25-23;/h1-9,11-15H;/q-1;. The summed E-state index contributed by atoms with van der Waals surface area (Å²) in [6.07, 6.45) is 1.88. The van der Waals surface area contributed by atoms with Crippen LogP contribution in [0.25, 0.3) is 22.4 Å². The van der Waals surface area contributed by atoms with E-state index in [4.69, 9.17) is 4.98 Å². The molecule has 1 heterocycles. The van der Waals surface area contributed by atoms with Gasteiger partial charge in [-0.15, -0.1) is 35.4 Å². The first kappa shape index (κ1) is 15.7. The van der Waals surface area contributed by atoms with Gasteiger partial charge in [0.05, 0.1) is 0 Å². The van der Waals surface area contributed by atoms with Crippen LogP contribution in [0.2, 0.25) is 0 Å². The smallest absolute Gasteiger partial charge is 0.0313 e. The average molecular weight is 419 g/mol. The molecule has 6 rings (SSSR count). The van der Waals surface area contributed by atoms with Crippen LogP contribution in [0, 0.1) is 6.07 Å². The maximum atomic E-state index is 4.73. The van der Waals surface area contributed by atoms with Gasteiger partial charge < -0.3 is 4.98 Å². The SMILES string of the molecule is [Rh].[c-]1cccc2c1-c1ncccc1C21c2ccccc2-c2ccccc21. The largest absolute Gasteiger partial charge is 0.304 e. The number of fused-ring (bicyclic) bond motifs is 10. The Balaban J connectivity index is 0.00000150. The summed E-state index contributed by atoms with van der Waals surface area (Å²) < 4.78 is 0. The molecule has 0 unspecified atom stereocenters. The van der Waals surface area contributed by atoms with Crippen LogP contribution in [-0.2, 0) is 24.9 Å². The van der Waals surface area contributed by atoms with Gasteiger partial charge >= 0.3 is 0 Å². The summed E-state index contributed by atoms with van der Waals surface area (Å²) >= 11 is 0. The number of pyridine rings is 1. The molecule has 1 spiro atoms. The molecule has 2 heteroatoms. The number of benzene rings is 3. The first-order valence-electron chi connectivity index (χ1n) is 8.59. The summed E-state index contributed by atoms with van der Waals surface area (Å²) in [4.78, 5) is 4.73. The molecule has 0 saturated carbocycles. The van der Waals surface area contributed by atoms with Gasteiger partial charge in [-0.1, -0.05) is 60.2 Å². The predicted molar refractivity (Wildman–Crippen MR) is 99.4 cm³/mol. The van der Waals surface area contributed by atoms with Crippen molar-refractivity contribution in [3.05, 3.63) is 113 Å². The fourth-order valence-electron chi connectivity index (χ4n) is 4.81. The van der Waals surface area contributed by atoms with Gasteiger partial charge in [0.25, 0.3) is 0 Å². The minimum absolute atomic E-state index is 0. The Hall–Kier alpha value is -2.57. The van der Waals surface area contributed by atoms with Crippen LogP contribution in [0.3, 0.4) is 0 Å². The molecular formula is C24H14NRh-. The summed E-state index contributed by atoms with van der Waals surface area (Å²) in [6.45, 7) is 0. The van der Waals surface area contributed by atoms with Crippen molar-refractivity contribution < 1.29 is 19.5 Å². The number of aromatic nitrogens is 1. The first-order valence-corrected chi connectivity index (χ1v) is 8.59. The van der Waals surface area contributed by atoms with Crippen molar-refractivity contribution in [1.82, 2.24) is 4.98 Å². The average Bonchev–Trinajstić information content (AvgIpc) is 3.16. The second-order valence-corrected chi connectivity index (χ2v) is 6.70. The molecule has 0 saturated heterocycles. The molecule has 2 aliphatic rings. The monoisotopic (exact) mass is 419 g/mol. The molecule has 26 heavy (non-hydrogen) atoms. The molecule has 0 bridgehead atoms. The van der Waals surface area contributed by atoms with Gasteiger partial charge in [-0.25, -0.2) is 0 Å². The summed E-state index contributed by atoms with van der Waals surface area (Å²) in [7, 11) is 0. The second kappa shape index (κ2) is 5.46. The van der Waals surface area contributed by atoms with Gasteiger partial charge in [0.2, 0.25) is 0 Å². The van der Waals surface area contributed by atoms with Crippen molar-refractivity contribution in [3.8, 4) is 22.4 Å². The molecule has 1 nitrogen and oxygen atoms in total. The fourth-order valence-corrected chi connectivity index (χ4v) is 4.81. The molecule has 0 aliphatic heterocycles. The quantitative estimate of drug-likeness (QED) is 0.243. The molecule has 0 N–H and O–H groups in total. The van der Waals surface area contributed by atoms with E-state index in [1.165, 1.54) is 33.4 Å². The van der Waals surface area contributed by atoms with Gasteiger partial charge in [-0.2, -0.15) is 0 Å². The number of hydrogen-bond donors (Lipinski definition) is 0. The van der Waals surface area contributed by atoms with E-state index < -0.39 is 0 Å². The zero-order chi connectivity index (χ0) is 16.4. The molecule has 0 amide bonds. The minimum Gasteiger partial charge on any atom is -0.304 e. The van der Waals surface area contributed by atoms with Gasteiger partial charge in [-0.3, -0.25) is 0 Å². The summed E-state index contributed by atoms with van der Waals surface area (Å²) in [6, 6.07) is 31.6. The second-order valence-electron chi connectivity index (χ2n) is 6.70. The molecule has 3 aromatic carbocycles. The van der Waals surface area contributed by atoms with Crippen molar-refractivity contribution >= 4 is 0 Å². The topological polar surface area (TPSA) is 12.9 Å². The van der Waals surface area contributed by atoms with Crippen molar-refractivity contribution in [3.63, 3.8) is 0 Å². The molecule has 1 aromatic heterocycles. The Bertz CT molecular complexity index is 974. The molecule has 4 aromatic rings. The predicted octanol–water partition coefficient (Wildman–Crippen LogP) is 5.22. The zero-order valence-corrected chi connectivity index (χ0v) is 15.5. The van der Waals surface area contributed by atoms with E-state index in [-0.39, 0.29) is 24.9 Å². The fraction of sp³-hybridized carbons (Fsp3) is 0.0417. The van der Waals surface area contributed by atoms with Gasteiger partial charge in [0.1, 0.15) is 0 Å². The van der Waals surface area contributed by atoms with Crippen molar-refractivity contribution in [2.24, 2.45) is 0 Å². The Labute approximate surface area is 165 Å². The summed E-state index contributed by atoms with van der Waals surface area (Å²) in [5, 5.41) is 0.